The van der Waals surface area contributed by atoms with E-state index in [1.807, 2.05) is 26.8 Å². The van der Waals surface area contributed by atoms with E-state index in [0.29, 0.717) is 29.6 Å². The second-order valence-corrected chi connectivity index (χ2v) is 8.53. The predicted octanol–water partition coefficient (Wildman–Crippen LogP) is 4.36. The van der Waals surface area contributed by atoms with Crippen LogP contribution in [-0.2, 0) is 10.0 Å². The highest BCUT2D eigenvalue weighted by Gasteiger charge is 2.21. The monoisotopic (exact) mass is 427 g/mol. The zero-order valence-corrected chi connectivity index (χ0v) is 18.3. The van der Waals surface area contributed by atoms with Crippen LogP contribution in [0.15, 0.2) is 53.4 Å². The van der Waals surface area contributed by atoms with Crippen molar-refractivity contribution in [3.05, 3.63) is 59.7 Å². The summed E-state index contributed by atoms with van der Waals surface area (Å²) >= 11 is 0. The van der Waals surface area contributed by atoms with Crippen LogP contribution in [0.3, 0.4) is 0 Å². The van der Waals surface area contributed by atoms with E-state index in [-0.39, 0.29) is 4.90 Å². The number of hydrogen-bond donors (Lipinski definition) is 1. The van der Waals surface area contributed by atoms with Gasteiger partial charge in [-0.15, -0.1) is 10.2 Å². The lowest BCUT2D eigenvalue weighted by atomic mass is 10.1. The molecule has 158 valence electrons. The first-order valence-corrected chi connectivity index (χ1v) is 11.1. The first kappa shape index (κ1) is 21.6. The summed E-state index contributed by atoms with van der Waals surface area (Å²) in [4.78, 5) is 0.103. The van der Waals surface area contributed by atoms with Crippen molar-refractivity contribution in [2.45, 2.75) is 32.1 Å². The Bertz CT molecular complexity index is 1110. The van der Waals surface area contributed by atoms with Crippen molar-refractivity contribution >= 4 is 15.7 Å². The molecular weight excluding hydrogens is 402 g/mol. The van der Waals surface area contributed by atoms with Gasteiger partial charge in [-0.05, 0) is 61.7 Å². The largest absolute Gasteiger partial charge is 0.495 e. The van der Waals surface area contributed by atoms with E-state index in [0.717, 1.165) is 23.1 Å². The summed E-state index contributed by atoms with van der Waals surface area (Å²) in [6.45, 7) is 6.38. The molecule has 0 aliphatic heterocycles. The third kappa shape index (κ3) is 4.88. The first-order chi connectivity index (χ1) is 14.3. The second-order valence-electron chi connectivity index (χ2n) is 6.88. The van der Waals surface area contributed by atoms with E-state index < -0.39 is 10.0 Å². The molecule has 3 aromatic rings. The lowest BCUT2D eigenvalue weighted by Gasteiger charge is -2.14. The fourth-order valence-electron chi connectivity index (χ4n) is 2.81. The van der Waals surface area contributed by atoms with E-state index >= 15 is 0 Å². The van der Waals surface area contributed by atoms with Crippen LogP contribution in [0.5, 0.6) is 11.6 Å². The van der Waals surface area contributed by atoms with Crippen LogP contribution in [-0.4, -0.2) is 32.3 Å². The molecule has 0 spiro atoms. The minimum atomic E-state index is -3.81. The van der Waals surface area contributed by atoms with Crippen LogP contribution in [0.25, 0.3) is 11.3 Å². The van der Waals surface area contributed by atoms with Crippen molar-refractivity contribution in [2.24, 2.45) is 0 Å². The number of sulfonamides is 1. The molecule has 1 heterocycles. The lowest BCUT2D eigenvalue weighted by molar-refractivity contribution is 0.302. The van der Waals surface area contributed by atoms with Gasteiger partial charge in [0, 0.05) is 17.3 Å². The molecule has 0 bridgehead atoms. The van der Waals surface area contributed by atoms with Crippen LogP contribution in [0.1, 0.15) is 24.5 Å². The first-order valence-electron chi connectivity index (χ1n) is 9.59. The number of nitrogens with one attached hydrogen (secondary N) is 1. The summed E-state index contributed by atoms with van der Waals surface area (Å²) in [5, 5.41) is 8.21. The van der Waals surface area contributed by atoms with Crippen molar-refractivity contribution in [1.82, 2.24) is 10.2 Å². The number of benzene rings is 2. The summed E-state index contributed by atoms with van der Waals surface area (Å²) in [6, 6.07) is 13.9. The molecule has 1 aromatic heterocycles. The fourth-order valence-corrected chi connectivity index (χ4v) is 4.10. The van der Waals surface area contributed by atoms with Crippen LogP contribution < -0.4 is 14.2 Å². The Balaban J connectivity index is 1.79. The van der Waals surface area contributed by atoms with Crippen molar-refractivity contribution in [3.63, 3.8) is 0 Å². The number of aromatic nitrogens is 2. The van der Waals surface area contributed by atoms with Crippen LogP contribution >= 0.6 is 0 Å². The second kappa shape index (κ2) is 9.13. The van der Waals surface area contributed by atoms with Crippen LogP contribution in [0.4, 0.5) is 5.69 Å². The molecule has 0 saturated carbocycles. The number of ether oxygens (including phenoxy) is 2. The van der Waals surface area contributed by atoms with Crippen molar-refractivity contribution in [3.8, 4) is 22.9 Å². The summed E-state index contributed by atoms with van der Waals surface area (Å²) in [5.41, 5.74) is 3.76. The number of rotatable bonds is 8. The highest BCUT2D eigenvalue weighted by atomic mass is 32.2. The van der Waals surface area contributed by atoms with E-state index in [1.54, 1.807) is 42.5 Å². The lowest BCUT2D eigenvalue weighted by Crippen LogP contribution is -2.14. The molecule has 0 atom stereocenters. The Morgan fingerprint density at radius 3 is 2.27 bits per heavy atom. The van der Waals surface area contributed by atoms with Gasteiger partial charge < -0.3 is 9.47 Å². The molecule has 0 amide bonds. The molecular formula is C22H25N3O4S. The summed E-state index contributed by atoms with van der Waals surface area (Å²) in [6.07, 6.45) is 0.898. The van der Waals surface area contributed by atoms with Gasteiger partial charge in [-0.2, -0.15) is 0 Å². The number of methoxy groups -OCH3 is 1. The maximum Gasteiger partial charge on any atom is 0.265 e. The Morgan fingerprint density at radius 1 is 0.967 bits per heavy atom. The topological polar surface area (TPSA) is 90.4 Å². The predicted molar refractivity (Wildman–Crippen MR) is 117 cm³/mol. The van der Waals surface area contributed by atoms with Crippen molar-refractivity contribution in [2.75, 3.05) is 18.4 Å². The highest BCUT2D eigenvalue weighted by molar-refractivity contribution is 7.92. The minimum absolute atomic E-state index is 0.103. The molecule has 8 heteroatoms. The molecule has 0 radical (unpaired) electrons. The third-order valence-corrected chi connectivity index (χ3v) is 6.00. The molecule has 0 unspecified atom stereocenters. The maximum atomic E-state index is 12.9. The average Bonchev–Trinajstić information content (AvgIpc) is 2.74. The number of anilines is 1. The van der Waals surface area contributed by atoms with Gasteiger partial charge in [0.2, 0.25) is 5.88 Å². The standard InChI is InChI=1S/C22H25N3O4S/c1-5-12-29-22-11-10-19(23-24-22)17-6-8-18(9-7-17)25-30(26,27)21-14-16(3)15(2)13-20(21)28-4/h6-11,13-14,25H,5,12H2,1-4H3. The molecule has 3 rings (SSSR count). The molecule has 0 aliphatic rings. The van der Waals surface area contributed by atoms with Gasteiger partial charge in [-0.25, -0.2) is 8.42 Å². The smallest absolute Gasteiger partial charge is 0.265 e. The normalized spacial score (nSPS) is 11.2. The Kier molecular flexibility index (Phi) is 6.56. The van der Waals surface area contributed by atoms with E-state index in [9.17, 15) is 8.42 Å². The SMILES string of the molecule is CCCOc1ccc(-c2ccc(NS(=O)(=O)c3cc(C)c(C)cc3OC)cc2)nn1. The molecule has 0 saturated heterocycles. The molecule has 0 aliphatic carbocycles. The van der Waals surface area contributed by atoms with E-state index in [2.05, 4.69) is 14.9 Å². The van der Waals surface area contributed by atoms with Gasteiger partial charge in [-0.1, -0.05) is 19.1 Å². The maximum absolute atomic E-state index is 12.9. The van der Waals surface area contributed by atoms with E-state index in [4.69, 9.17) is 9.47 Å². The third-order valence-electron chi connectivity index (χ3n) is 4.60. The van der Waals surface area contributed by atoms with Crippen LogP contribution in [0.2, 0.25) is 0 Å². The molecule has 0 fully saturated rings. The zero-order valence-electron chi connectivity index (χ0n) is 17.5. The Morgan fingerprint density at radius 2 is 1.67 bits per heavy atom. The molecule has 2 aromatic carbocycles. The summed E-state index contributed by atoms with van der Waals surface area (Å²) < 4.78 is 39.1. The van der Waals surface area contributed by atoms with Gasteiger partial charge in [0.05, 0.1) is 19.4 Å². The zero-order chi connectivity index (χ0) is 21.7. The Labute approximate surface area is 177 Å². The van der Waals surface area contributed by atoms with E-state index in [1.165, 1.54) is 7.11 Å². The highest BCUT2D eigenvalue weighted by Crippen LogP contribution is 2.29. The fraction of sp³-hybridized carbons (Fsp3) is 0.273. The molecule has 30 heavy (non-hydrogen) atoms. The van der Waals surface area contributed by atoms with Crippen LogP contribution in [0, 0.1) is 13.8 Å². The Hall–Kier alpha value is -3.13. The van der Waals surface area contributed by atoms with Gasteiger partial charge in [0.1, 0.15) is 10.6 Å². The molecule has 7 nitrogen and oxygen atoms in total. The number of hydrogen-bond acceptors (Lipinski definition) is 6. The number of nitrogens with zero attached hydrogens (tertiary/aromatic N) is 2. The summed E-state index contributed by atoms with van der Waals surface area (Å²) in [5.74, 6) is 0.787. The molecule has 1 N–H and O–H groups in total. The van der Waals surface area contributed by atoms with Gasteiger partial charge >= 0.3 is 0 Å². The minimum Gasteiger partial charge on any atom is -0.495 e. The van der Waals surface area contributed by atoms with Crippen molar-refractivity contribution < 1.29 is 17.9 Å². The average molecular weight is 428 g/mol. The number of aryl methyl sites for hydroxylation is 2. The van der Waals surface area contributed by atoms with Gasteiger partial charge in [-0.3, -0.25) is 4.72 Å². The van der Waals surface area contributed by atoms with Crippen molar-refractivity contribution in [1.29, 1.82) is 0 Å². The summed E-state index contributed by atoms with van der Waals surface area (Å²) in [7, 11) is -2.35. The van der Waals surface area contributed by atoms with Gasteiger partial charge in [0.25, 0.3) is 10.0 Å². The quantitative estimate of drug-likeness (QED) is 0.574. The van der Waals surface area contributed by atoms with Gasteiger partial charge in [0.15, 0.2) is 0 Å².